The fraction of sp³-hybridized carbons (Fsp3) is 0.286. The lowest BCUT2D eigenvalue weighted by Gasteiger charge is -2.39. The SMILES string of the molecule is O=C(C1CC1)N1c2ncnn2[C@H](c2ccccc2)C[C@H]1c1ccc(Cl)cc1. The zero-order chi connectivity index (χ0) is 18.4. The van der Waals surface area contributed by atoms with E-state index in [-0.39, 0.29) is 23.9 Å². The maximum atomic E-state index is 13.1. The molecule has 1 aliphatic heterocycles. The summed E-state index contributed by atoms with van der Waals surface area (Å²) in [5.41, 5.74) is 2.24. The first-order valence-electron chi connectivity index (χ1n) is 9.25. The summed E-state index contributed by atoms with van der Waals surface area (Å²) >= 11 is 6.09. The average Bonchev–Trinajstić information content (AvgIpc) is 3.44. The van der Waals surface area contributed by atoms with Crippen molar-refractivity contribution in [1.29, 1.82) is 0 Å². The lowest BCUT2D eigenvalue weighted by atomic mass is 9.91. The molecule has 27 heavy (non-hydrogen) atoms. The van der Waals surface area contributed by atoms with E-state index in [4.69, 9.17) is 11.6 Å². The number of carbonyl (C=O) groups is 1. The average molecular weight is 379 g/mol. The van der Waals surface area contributed by atoms with Gasteiger partial charge in [-0.05, 0) is 42.5 Å². The summed E-state index contributed by atoms with van der Waals surface area (Å²) in [5, 5.41) is 5.15. The molecular formula is C21H19ClN4O. The highest BCUT2D eigenvalue weighted by Crippen LogP contribution is 2.44. The molecule has 5 nitrogen and oxygen atoms in total. The van der Waals surface area contributed by atoms with Gasteiger partial charge >= 0.3 is 0 Å². The van der Waals surface area contributed by atoms with E-state index in [1.807, 2.05) is 52.0 Å². The number of fused-ring (bicyclic) bond motifs is 1. The molecule has 2 aromatic carbocycles. The molecule has 2 aliphatic rings. The lowest BCUT2D eigenvalue weighted by molar-refractivity contribution is -0.120. The second kappa shape index (κ2) is 6.50. The maximum absolute atomic E-state index is 13.1. The molecule has 0 N–H and O–H groups in total. The van der Waals surface area contributed by atoms with Crippen molar-refractivity contribution in [1.82, 2.24) is 14.8 Å². The van der Waals surface area contributed by atoms with Crippen molar-refractivity contribution in [3.05, 3.63) is 77.1 Å². The largest absolute Gasteiger partial charge is 0.274 e. The third kappa shape index (κ3) is 2.92. The lowest BCUT2D eigenvalue weighted by Crippen LogP contribution is -2.43. The first-order chi connectivity index (χ1) is 13.2. The number of carbonyl (C=O) groups excluding carboxylic acids is 1. The van der Waals surface area contributed by atoms with Crippen molar-refractivity contribution in [2.75, 3.05) is 4.90 Å². The van der Waals surface area contributed by atoms with Gasteiger partial charge in [0, 0.05) is 10.9 Å². The monoisotopic (exact) mass is 378 g/mol. The van der Waals surface area contributed by atoms with Crippen LogP contribution in [0, 0.1) is 5.92 Å². The van der Waals surface area contributed by atoms with Gasteiger partial charge in [-0.15, -0.1) is 0 Å². The van der Waals surface area contributed by atoms with Crippen LogP contribution in [-0.4, -0.2) is 20.7 Å². The van der Waals surface area contributed by atoms with Gasteiger partial charge < -0.3 is 0 Å². The van der Waals surface area contributed by atoms with Crippen molar-refractivity contribution < 1.29 is 4.79 Å². The quantitative estimate of drug-likeness (QED) is 0.678. The van der Waals surface area contributed by atoms with Crippen LogP contribution in [0.4, 0.5) is 5.95 Å². The zero-order valence-electron chi connectivity index (χ0n) is 14.7. The Morgan fingerprint density at radius 2 is 1.67 bits per heavy atom. The van der Waals surface area contributed by atoms with Gasteiger partial charge in [-0.1, -0.05) is 54.1 Å². The van der Waals surface area contributed by atoms with Crippen molar-refractivity contribution in [3.8, 4) is 0 Å². The fourth-order valence-electron chi connectivity index (χ4n) is 3.89. The molecule has 6 heteroatoms. The van der Waals surface area contributed by atoms with E-state index in [1.54, 1.807) is 6.33 Å². The highest BCUT2D eigenvalue weighted by atomic mass is 35.5. The van der Waals surface area contributed by atoms with E-state index in [0.717, 1.165) is 24.8 Å². The van der Waals surface area contributed by atoms with E-state index in [9.17, 15) is 4.79 Å². The predicted octanol–water partition coefficient (Wildman–Crippen LogP) is 4.41. The highest BCUT2D eigenvalue weighted by Gasteiger charge is 2.44. The Labute approximate surface area is 162 Å². The number of amides is 1. The molecule has 0 spiro atoms. The van der Waals surface area contributed by atoms with E-state index in [0.29, 0.717) is 11.0 Å². The molecule has 2 heterocycles. The van der Waals surface area contributed by atoms with Crippen LogP contribution < -0.4 is 4.90 Å². The number of halogens is 1. The Bertz CT molecular complexity index is 965. The second-order valence-electron chi connectivity index (χ2n) is 7.22. The molecule has 0 saturated heterocycles. The Hall–Kier alpha value is -2.66. The van der Waals surface area contributed by atoms with Crippen LogP contribution in [0.2, 0.25) is 5.02 Å². The molecule has 3 aromatic rings. The number of hydrogen-bond donors (Lipinski definition) is 0. The van der Waals surface area contributed by atoms with Crippen molar-refractivity contribution in [3.63, 3.8) is 0 Å². The summed E-state index contributed by atoms with van der Waals surface area (Å²) in [4.78, 5) is 19.5. The summed E-state index contributed by atoms with van der Waals surface area (Å²) < 4.78 is 1.89. The first-order valence-corrected chi connectivity index (χ1v) is 9.63. The minimum absolute atomic E-state index is 0.0348. The Balaban J connectivity index is 1.63. The fourth-order valence-corrected chi connectivity index (χ4v) is 4.02. The number of hydrogen-bond acceptors (Lipinski definition) is 3. The zero-order valence-corrected chi connectivity index (χ0v) is 15.5. The third-order valence-corrected chi connectivity index (χ3v) is 5.68. The van der Waals surface area contributed by atoms with Gasteiger partial charge in [0.05, 0.1) is 12.1 Å². The van der Waals surface area contributed by atoms with Gasteiger partial charge in [0.1, 0.15) is 6.33 Å². The standard InChI is InChI=1S/C21H19ClN4O/c22-17-10-8-15(9-11-17)18-12-19(14-4-2-1-3-5-14)26-21(23-13-24-26)25(18)20(27)16-6-7-16/h1-5,8-11,13,16,18-19H,6-7,12H2/t18-,19-/m0/s1. The van der Waals surface area contributed by atoms with Crippen LogP contribution in [0.5, 0.6) is 0 Å². The van der Waals surface area contributed by atoms with Crippen molar-refractivity contribution in [2.24, 2.45) is 5.92 Å². The van der Waals surface area contributed by atoms with Crippen molar-refractivity contribution in [2.45, 2.75) is 31.3 Å². The molecule has 0 radical (unpaired) electrons. The summed E-state index contributed by atoms with van der Waals surface area (Å²) in [6.07, 6.45) is 4.21. The van der Waals surface area contributed by atoms with Crippen LogP contribution in [0.1, 0.15) is 42.5 Å². The summed E-state index contributed by atoms with van der Waals surface area (Å²) in [7, 11) is 0. The minimum atomic E-state index is -0.0859. The van der Waals surface area contributed by atoms with Gasteiger partial charge in [-0.25, -0.2) is 4.68 Å². The van der Waals surface area contributed by atoms with Gasteiger partial charge in [0.25, 0.3) is 0 Å². The van der Waals surface area contributed by atoms with Crippen LogP contribution in [0.3, 0.4) is 0 Å². The molecule has 0 bridgehead atoms. The van der Waals surface area contributed by atoms with Crippen LogP contribution >= 0.6 is 11.6 Å². The molecule has 1 amide bonds. The molecule has 1 aromatic heterocycles. The molecular weight excluding hydrogens is 360 g/mol. The van der Waals surface area contributed by atoms with Gasteiger partial charge in [0.15, 0.2) is 0 Å². The molecule has 1 fully saturated rings. The molecule has 1 saturated carbocycles. The molecule has 136 valence electrons. The van der Waals surface area contributed by atoms with Crippen LogP contribution in [-0.2, 0) is 4.79 Å². The maximum Gasteiger partial charge on any atom is 0.233 e. The van der Waals surface area contributed by atoms with E-state index in [2.05, 4.69) is 22.2 Å². The normalized spacial score (nSPS) is 21.7. The Kier molecular flexibility index (Phi) is 3.97. The van der Waals surface area contributed by atoms with Crippen LogP contribution in [0.25, 0.3) is 0 Å². The number of rotatable bonds is 3. The molecule has 2 atom stereocenters. The van der Waals surface area contributed by atoms with E-state index in [1.165, 1.54) is 5.56 Å². The van der Waals surface area contributed by atoms with Gasteiger partial charge in [-0.2, -0.15) is 10.1 Å². The number of aromatic nitrogens is 3. The number of anilines is 1. The van der Waals surface area contributed by atoms with Gasteiger partial charge in [-0.3, -0.25) is 9.69 Å². The summed E-state index contributed by atoms with van der Waals surface area (Å²) in [6, 6.07) is 18.0. The van der Waals surface area contributed by atoms with E-state index < -0.39 is 0 Å². The van der Waals surface area contributed by atoms with E-state index >= 15 is 0 Å². The number of benzene rings is 2. The predicted molar refractivity (Wildman–Crippen MR) is 104 cm³/mol. The van der Waals surface area contributed by atoms with Crippen molar-refractivity contribution >= 4 is 23.5 Å². The third-order valence-electron chi connectivity index (χ3n) is 5.43. The Morgan fingerprint density at radius 1 is 0.963 bits per heavy atom. The molecule has 5 rings (SSSR count). The molecule has 0 unspecified atom stereocenters. The summed E-state index contributed by atoms with van der Waals surface area (Å²) in [5.74, 6) is 0.890. The van der Waals surface area contributed by atoms with Crippen LogP contribution in [0.15, 0.2) is 60.9 Å². The first kappa shape index (κ1) is 16.5. The smallest absolute Gasteiger partial charge is 0.233 e. The van der Waals surface area contributed by atoms with Gasteiger partial charge in [0.2, 0.25) is 11.9 Å². The highest BCUT2D eigenvalue weighted by molar-refractivity contribution is 6.30. The Morgan fingerprint density at radius 3 is 2.37 bits per heavy atom. The number of nitrogens with zero attached hydrogens (tertiary/aromatic N) is 4. The topological polar surface area (TPSA) is 51.0 Å². The second-order valence-corrected chi connectivity index (χ2v) is 7.65. The molecule has 1 aliphatic carbocycles. The minimum Gasteiger partial charge on any atom is -0.274 e. The summed E-state index contributed by atoms with van der Waals surface area (Å²) in [6.45, 7) is 0.